The average Bonchev–Trinajstić information content (AvgIpc) is 3.76. The number of aromatic nitrogens is 2. The van der Waals surface area contributed by atoms with Gasteiger partial charge in [0.25, 0.3) is 6.43 Å². The standard InChI is InChI=1S/C40H43ClF5N7O6S/c1-38(2,3)58-36(54)48-14-20-17-56-31-27-30(49-35(50-33(27)53(20)16-24(44)45)57-18-40-10-7-11-52(40)15-19(42)12-40)29(46)26(28(31)41)21-8-9-23(43)32-25(21)22(13-47)34(60-32)51-37(55)59-39(4,5)6/h8-9,19-20,24H,7,10-12,14-18H2,1-6H3,(H,48,54)(H,51,55)/t19?,20-,40-/m0/s1. The number of benzene rings is 2. The number of anilines is 2. The second-order valence-electron chi connectivity index (χ2n) is 17.0. The number of hydrogen-bond donors (Lipinski definition) is 2. The van der Waals surface area contributed by atoms with Gasteiger partial charge in [0.15, 0.2) is 11.6 Å². The highest BCUT2D eigenvalue weighted by atomic mass is 35.5. The second kappa shape index (κ2) is 16.2. The molecule has 3 atom stereocenters. The Kier molecular flexibility index (Phi) is 11.6. The summed E-state index contributed by atoms with van der Waals surface area (Å²) in [6.07, 6.45) is -4.23. The molecule has 0 radical (unpaired) electrons. The Bertz CT molecular complexity index is 2400. The third-order valence-electron chi connectivity index (χ3n) is 10.3. The Morgan fingerprint density at radius 3 is 2.52 bits per heavy atom. The van der Waals surface area contributed by atoms with E-state index in [4.69, 9.17) is 30.5 Å². The van der Waals surface area contributed by atoms with Gasteiger partial charge in [-0.15, -0.1) is 11.3 Å². The third-order valence-corrected chi connectivity index (χ3v) is 11.8. The monoisotopic (exact) mass is 879 g/mol. The zero-order valence-electron chi connectivity index (χ0n) is 33.6. The van der Waals surface area contributed by atoms with Crippen molar-refractivity contribution in [3.8, 4) is 29.0 Å². The van der Waals surface area contributed by atoms with Crippen LogP contribution in [0.3, 0.4) is 0 Å². The van der Waals surface area contributed by atoms with E-state index in [1.165, 1.54) is 6.07 Å². The summed E-state index contributed by atoms with van der Waals surface area (Å²) < 4.78 is 99.8. The number of thiophene rings is 1. The fourth-order valence-corrected chi connectivity index (χ4v) is 9.41. The number of carbonyl (C=O) groups is 2. The zero-order chi connectivity index (χ0) is 43.5. The summed E-state index contributed by atoms with van der Waals surface area (Å²) in [5.74, 6) is -2.37. The van der Waals surface area contributed by atoms with E-state index in [2.05, 4.69) is 20.6 Å². The molecule has 2 aromatic carbocycles. The molecule has 0 bridgehead atoms. The first-order valence-electron chi connectivity index (χ1n) is 19.2. The van der Waals surface area contributed by atoms with Gasteiger partial charge in [-0.25, -0.2) is 31.5 Å². The van der Waals surface area contributed by atoms with Crippen molar-refractivity contribution in [2.24, 2.45) is 0 Å². The van der Waals surface area contributed by atoms with Crippen LogP contribution in [-0.4, -0.2) is 102 Å². The normalized spacial score (nSPS) is 20.5. The molecule has 60 heavy (non-hydrogen) atoms. The van der Waals surface area contributed by atoms with Crippen LogP contribution in [0, 0.1) is 23.0 Å². The summed E-state index contributed by atoms with van der Waals surface area (Å²) in [6.45, 7) is 8.99. The quantitative estimate of drug-likeness (QED) is 0.155. The van der Waals surface area contributed by atoms with Crippen molar-refractivity contribution < 1.29 is 50.5 Å². The Labute approximate surface area is 351 Å². The van der Waals surface area contributed by atoms with Crippen LogP contribution >= 0.6 is 22.9 Å². The first-order chi connectivity index (χ1) is 28.2. The number of nitriles is 1. The number of ether oxygens (including phenoxy) is 4. The lowest BCUT2D eigenvalue weighted by Crippen LogP contribution is -2.49. The molecule has 2 amide bonds. The van der Waals surface area contributed by atoms with Crippen LogP contribution in [0.2, 0.25) is 5.02 Å². The number of carbonyl (C=O) groups excluding carboxylic acids is 2. The molecule has 2 N–H and O–H groups in total. The molecule has 3 aliphatic rings. The fraction of sp³-hybridized carbons (Fsp3) is 0.525. The van der Waals surface area contributed by atoms with Crippen molar-refractivity contribution in [3.63, 3.8) is 0 Å². The van der Waals surface area contributed by atoms with Crippen LogP contribution < -0.4 is 25.0 Å². The number of nitrogens with zero attached hydrogens (tertiary/aromatic N) is 5. The molecule has 1 unspecified atom stereocenters. The van der Waals surface area contributed by atoms with Gasteiger partial charge in [-0.3, -0.25) is 10.2 Å². The van der Waals surface area contributed by atoms with E-state index in [0.29, 0.717) is 13.0 Å². The number of alkyl halides is 3. The number of rotatable bonds is 9. The van der Waals surface area contributed by atoms with E-state index in [1.807, 2.05) is 11.0 Å². The molecule has 2 fully saturated rings. The molecular weight excluding hydrogens is 837 g/mol. The highest BCUT2D eigenvalue weighted by Crippen LogP contribution is 2.51. The first-order valence-corrected chi connectivity index (χ1v) is 20.4. The van der Waals surface area contributed by atoms with Crippen molar-refractivity contribution in [1.82, 2.24) is 20.2 Å². The molecule has 4 aromatic rings. The van der Waals surface area contributed by atoms with Crippen molar-refractivity contribution in [3.05, 3.63) is 34.4 Å². The van der Waals surface area contributed by atoms with Crippen molar-refractivity contribution in [2.45, 2.75) is 96.2 Å². The first kappa shape index (κ1) is 43.2. The lowest BCUT2D eigenvalue weighted by molar-refractivity contribution is 0.0519. The molecule has 2 aromatic heterocycles. The number of amides is 2. The zero-order valence-corrected chi connectivity index (χ0v) is 35.2. The number of alkyl carbamates (subject to hydrolysis) is 1. The van der Waals surface area contributed by atoms with Crippen LogP contribution in [0.5, 0.6) is 11.8 Å². The molecule has 3 aliphatic heterocycles. The van der Waals surface area contributed by atoms with Crippen molar-refractivity contribution >= 4 is 66.9 Å². The Hall–Kier alpha value is -4.93. The lowest BCUT2D eigenvalue weighted by Gasteiger charge is -2.32. The van der Waals surface area contributed by atoms with Gasteiger partial charge in [0.05, 0.1) is 38.8 Å². The summed E-state index contributed by atoms with van der Waals surface area (Å²) in [4.78, 5) is 37.6. The minimum atomic E-state index is -2.96. The molecule has 2 saturated heterocycles. The predicted molar refractivity (Wildman–Crippen MR) is 215 cm³/mol. The van der Waals surface area contributed by atoms with Crippen LogP contribution in [0.15, 0.2) is 12.1 Å². The predicted octanol–water partition coefficient (Wildman–Crippen LogP) is 8.97. The van der Waals surface area contributed by atoms with Gasteiger partial charge in [-0.1, -0.05) is 17.7 Å². The van der Waals surface area contributed by atoms with Crippen molar-refractivity contribution in [2.75, 3.05) is 49.6 Å². The Morgan fingerprint density at radius 1 is 1.12 bits per heavy atom. The SMILES string of the molecule is CC(C)(C)OC(=O)NC[C@H]1COc2c(Cl)c(-c3ccc(F)c4sc(NC(=O)OC(C)(C)C)c(C#N)c34)c(F)c3nc(OC[C@@]45CCCN4CC(F)C5)nc(c23)N1CC(F)F. The number of nitrogens with one attached hydrogen (secondary N) is 2. The van der Waals surface area contributed by atoms with Crippen LogP contribution in [0.4, 0.5) is 42.4 Å². The topological polar surface area (TPSA) is 151 Å². The molecule has 20 heteroatoms. The van der Waals surface area contributed by atoms with Crippen molar-refractivity contribution in [1.29, 1.82) is 5.26 Å². The van der Waals surface area contributed by atoms with Gasteiger partial charge in [-0.2, -0.15) is 15.2 Å². The third kappa shape index (κ3) is 8.50. The van der Waals surface area contributed by atoms with E-state index in [1.54, 1.807) is 41.5 Å². The number of fused-ring (bicyclic) bond motifs is 2. The van der Waals surface area contributed by atoms with Gasteiger partial charge in [0, 0.05) is 30.5 Å². The van der Waals surface area contributed by atoms with E-state index >= 15 is 8.78 Å². The summed E-state index contributed by atoms with van der Waals surface area (Å²) in [6, 6.07) is 2.74. The van der Waals surface area contributed by atoms with Gasteiger partial charge in [0.1, 0.15) is 58.8 Å². The molecule has 0 saturated carbocycles. The molecule has 0 aliphatic carbocycles. The largest absolute Gasteiger partial charge is 0.489 e. The molecule has 13 nitrogen and oxygen atoms in total. The fourth-order valence-electron chi connectivity index (χ4n) is 8.01. The van der Waals surface area contributed by atoms with Gasteiger partial charge >= 0.3 is 18.2 Å². The summed E-state index contributed by atoms with van der Waals surface area (Å²) in [5.41, 5.74) is -3.64. The van der Waals surface area contributed by atoms with Crippen LogP contribution in [0.1, 0.15) is 66.4 Å². The van der Waals surface area contributed by atoms with E-state index in [0.717, 1.165) is 28.7 Å². The highest BCUT2D eigenvalue weighted by molar-refractivity contribution is 7.23. The molecule has 5 heterocycles. The summed E-state index contributed by atoms with van der Waals surface area (Å²) in [7, 11) is 0. The van der Waals surface area contributed by atoms with Gasteiger partial charge in [-0.05, 0) is 72.6 Å². The average molecular weight is 880 g/mol. The number of halogens is 6. The summed E-state index contributed by atoms with van der Waals surface area (Å²) in [5, 5.41) is 14.7. The maximum absolute atomic E-state index is 17.6. The van der Waals surface area contributed by atoms with Crippen LogP contribution in [0.25, 0.3) is 32.1 Å². The van der Waals surface area contributed by atoms with Crippen LogP contribution in [-0.2, 0) is 9.47 Å². The lowest BCUT2D eigenvalue weighted by atomic mass is 9.95. The molecule has 322 valence electrons. The highest BCUT2D eigenvalue weighted by Gasteiger charge is 2.49. The Balaban J connectivity index is 1.41. The molecule has 7 rings (SSSR count). The smallest absolute Gasteiger partial charge is 0.412 e. The van der Waals surface area contributed by atoms with E-state index < -0.39 is 83.9 Å². The van der Waals surface area contributed by atoms with E-state index in [9.17, 15) is 28.0 Å². The molecular formula is C40H43ClF5N7O6S. The minimum absolute atomic E-state index is 0.0779. The Morgan fingerprint density at radius 2 is 1.83 bits per heavy atom. The van der Waals surface area contributed by atoms with Gasteiger partial charge < -0.3 is 29.2 Å². The van der Waals surface area contributed by atoms with E-state index in [-0.39, 0.29) is 79.9 Å². The second-order valence-corrected chi connectivity index (χ2v) is 18.4. The maximum atomic E-state index is 17.6. The number of hydrogen-bond acceptors (Lipinski definition) is 12. The molecule has 0 spiro atoms. The summed E-state index contributed by atoms with van der Waals surface area (Å²) >= 11 is 7.78. The van der Waals surface area contributed by atoms with Gasteiger partial charge in [0.2, 0.25) is 0 Å². The minimum Gasteiger partial charge on any atom is -0.489 e. The maximum Gasteiger partial charge on any atom is 0.412 e.